The molecule has 1 N–H and O–H groups in total. The molecule has 0 unspecified atom stereocenters. The first-order chi connectivity index (χ1) is 11.2. The number of halogens is 1. The maximum atomic E-state index is 13.8. The van der Waals surface area contributed by atoms with E-state index >= 15 is 0 Å². The third-order valence-electron chi connectivity index (χ3n) is 5.14. The number of rotatable bonds is 5. The molecule has 1 aromatic rings. The second-order valence-corrected chi connectivity index (χ2v) is 6.65. The van der Waals surface area contributed by atoms with Gasteiger partial charge in [-0.3, -0.25) is 9.69 Å². The molecule has 0 aliphatic carbocycles. The first-order valence-corrected chi connectivity index (χ1v) is 8.55. The fourth-order valence-corrected chi connectivity index (χ4v) is 3.97. The fourth-order valence-electron chi connectivity index (χ4n) is 3.97. The van der Waals surface area contributed by atoms with Gasteiger partial charge in [-0.25, -0.2) is 4.39 Å². The van der Waals surface area contributed by atoms with E-state index in [1.165, 1.54) is 6.07 Å². The standard InChI is InChI=1S/C18H25FN2O2/c19-16-5-2-1-4-14(16)12-20-10-8-17-15(13-20)6-7-18(23)21(17)9-3-11-22/h1-2,4-5,15,17,22H,3,6-13H2/t15-,17+/m1/s1. The lowest BCUT2D eigenvalue weighted by atomic mass is 9.83. The van der Waals surface area contributed by atoms with Crippen LogP contribution in [0, 0.1) is 11.7 Å². The van der Waals surface area contributed by atoms with Crippen molar-refractivity contribution in [1.82, 2.24) is 9.80 Å². The van der Waals surface area contributed by atoms with E-state index in [2.05, 4.69) is 4.90 Å². The van der Waals surface area contributed by atoms with Crippen LogP contribution in [-0.4, -0.2) is 53.1 Å². The molecule has 1 amide bonds. The van der Waals surface area contributed by atoms with Crippen LogP contribution in [0.4, 0.5) is 4.39 Å². The number of hydrogen-bond acceptors (Lipinski definition) is 3. The number of carbonyl (C=O) groups is 1. The summed E-state index contributed by atoms with van der Waals surface area (Å²) in [7, 11) is 0. The number of piperidine rings is 2. The largest absolute Gasteiger partial charge is 0.396 e. The van der Waals surface area contributed by atoms with Crippen molar-refractivity contribution in [2.24, 2.45) is 5.92 Å². The molecule has 2 heterocycles. The Morgan fingerprint density at radius 2 is 2.09 bits per heavy atom. The Morgan fingerprint density at radius 1 is 1.26 bits per heavy atom. The minimum Gasteiger partial charge on any atom is -0.396 e. The Labute approximate surface area is 136 Å². The average Bonchev–Trinajstić information content (AvgIpc) is 2.56. The highest BCUT2D eigenvalue weighted by atomic mass is 19.1. The summed E-state index contributed by atoms with van der Waals surface area (Å²) < 4.78 is 13.8. The molecule has 0 bridgehead atoms. The highest BCUT2D eigenvalue weighted by Crippen LogP contribution is 2.32. The Kier molecular flexibility index (Phi) is 5.28. The molecule has 2 aliphatic heterocycles. The molecule has 3 rings (SSSR count). The van der Waals surface area contributed by atoms with Gasteiger partial charge in [0.2, 0.25) is 5.91 Å². The average molecular weight is 320 g/mol. The summed E-state index contributed by atoms with van der Waals surface area (Å²) in [5.74, 6) is 0.548. The van der Waals surface area contributed by atoms with Crippen molar-refractivity contribution < 1.29 is 14.3 Å². The first-order valence-electron chi connectivity index (χ1n) is 8.55. The SMILES string of the molecule is O=C1CC[C@@H]2CN(Cc3ccccc3F)CC[C@@H]2N1CCCO. The van der Waals surface area contributed by atoms with Crippen LogP contribution in [0.15, 0.2) is 24.3 Å². The summed E-state index contributed by atoms with van der Waals surface area (Å²) >= 11 is 0. The molecule has 126 valence electrons. The van der Waals surface area contributed by atoms with Crippen LogP contribution < -0.4 is 0 Å². The third kappa shape index (κ3) is 3.72. The van der Waals surface area contributed by atoms with E-state index in [0.717, 1.165) is 31.5 Å². The number of nitrogens with zero attached hydrogens (tertiary/aromatic N) is 2. The minimum absolute atomic E-state index is 0.126. The van der Waals surface area contributed by atoms with E-state index in [1.54, 1.807) is 6.07 Å². The van der Waals surface area contributed by atoms with Gasteiger partial charge in [-0.05, 0) is 31.2 Å². The molecule has 0 saturated carbocycles. The van der Waals surface area contributed by atoms with Gasteiger partial charge in [-0.1, -0.05) is 18.2 Å². The summed E-state index contributed by atoms with van der Waals surface area (Å²) in [5.41, 5.74) is 0.745. The van der Waals surface area contributed by atoms with Gasteiger partial charge >= 0.3 is 0 Å². The van der Waals surface area contributed by atoms with Crippen molar-refractivity contribution in [1.29, 1.82) is 0 Å². The molecule has 0 spiro atoms. The molecule has 23 heavy (non-hydrogen) atoms. The summed E-state index contributed by atoms with van der Waals surface area (Å²) in [6.07, 6.45) is 3.11. The fraction of sp³-hybridized carbons (Fsp3) is 0.611. The van der Waals surface area contributed by atoms with Crippen molar-refractivity contribution in [2.75, 3.05) is 26.2 Å². The van der Waals surface area contributed by atoms with Gasteiger partial charge in [0.05, 0.1) is 0 Å². The second-order valence-electron chi connectivity index (χ2n) is 6.65. The van der Waals surface area contributed by atoms with Crippen molar-refractivity contribution in [2.45, 2.75) is 38.3 Å². The summed E-state index contributed by atoms with van der Waals surface area (Å²) in [5, 5.41) is 9.03. The Hall–Kier alpha value is -1.46. The molecule has 5 heteroatoms. The number of hydrogen-bond donors (Lipinski definition) is 1. The molecule has 2 fully saturated rings. The lowest BCUT2D eigenvalue weighted by Gasteiger charge is -2.47. The molecular weight excluding hydrogens is 295 g/mol. The number of fused-ring (bicyclic) bond motifs is 1. The highest BCUT2D eigenvalue weighted by Gasteiger charge is 2.38. The molecule has 2 atom stereocenters. The quantitative estimate of drug-likeness (QED) is 0.903. The molecule has 0 radical (unpaired) electrons. The van der Waals surface area contributed by atoms with Gasteiger partial charge in [-0.15, -0.1) is 0 Å². The normalized spacial score (nSPS) is 25.5. The van der Waals surface area contributed by atoms with Gasteiger partial charge < -0.3 is 10.0 Å². The smallest absolute Gasteiger partial charge is 0.222 e. The number of likely N-dealkylation sites (tertiary alicyclic amines) is 2. The van der Waals surface area contributed by atoms with Gasteiger partial charge in [0.25, 0.3) is 0 Å². The molecular formula is C18H25FN2O2. The lowest BCUT2D eigenvalue weighted by Crippen LogP contribution is -2.56. The van der Waals surface area contributed by atoms with Crippen LogP contribution in [-0.2, 0) is 11.3 Å². The van der Waals surface area contributed by atoms with E-state index in [0.29, 0.717) is 37.9 Å². The maximum absolute atomic E-state index is 13.8. The zero-order valence-corrected chi connectivity index (χ0v) is 13.5. The monoisotopic (exact) mass is 320 g/mol. The third-order valence-corrected chi connectivity index (χ3v) is 5.14. The number of aliphatic hydroxyl groups is 1. The van der Waals surface area contributed by atoms with Crippen LogP contribution in [0.5, 0.6) is 0 Å². The molecule has 2 aliphatic rings. The number of aliphatic hydroxyl groups excluding tert-OH is 1. The summed E-state index contributed by atoms with van der Waals surface area (Å²) in [6, 6.07) is 7.25. The Morgan fingerprint density at radius 3 is 2.87 bits per heavy atom. The van der Waals surface area contributed by atoms with Gasteiger partial charge in [0, 0.05) is 50.8 Å². The van der Waals surface area contributed by atoms with E-state index < -0.39 is 0 Å². The molecule has 0 aromatic heterocycles. The number of carbonyl (C=O) groups excluding carboxylic acids is 1. The minimum atomic E-state index is -0.141. The number of amides is 1. The van der Waals surface area contributed by atoms with E-state index in [1.807, 2.05) is 17.0 Å². The van der Waals surface area contributed by atoms with Crippen molar-refractivity contribution in [3.63, 3.8) is 0 Å². The van der Waals surface area contributed by atoms with Crippen molar-refractivity contribution in [3.05, 3.63) is 35.6 Å². The zero-order chi connectivity index (χ0) is 16.2. The Balaban J connectivity index is 1.62. The van der Waals surface area contributed by atoms with Gasteiger partial charge in [-0.2, -0.15) is 0 Å². The zero-order valence-electron chi connectivity index (χ0n) is 13.5. The number of benzene rings is 1. The summed E-state index contributed by atoms with van der Waals surface area (Å²) in [6.45, 7) is 3.23. The van der Waals surface area contributed by atoms with Gasteiger partial charge in [0.1, 0.15) is 5.82 Å². The second kappa shape index (κ2) is 7.41. The van der Waals surface area contributed by atoms with Crippen molar-refractivity contribution >= 4 is 5.91 Å². The van der Waals surface area contributed by atoms with Gasteiger partial charge in [0.15, 0.2) is 0 Å². The van der Waals surface area contributed by atoms with Crippen LogP contribution in [0.25, 0.3) is 0 Å². The molecule has 1 aromatic carbocycles. The topological polar surface area (TPSA) is 43.8 Å². The summed E-state index contributed by atoms with van der Waals surface area (Å²) in [4.78, 5) is 16.4. The first kappa shape index (κ1) is 16.4. The molecule has 4 nitrogen and oxygen atoms in total. The molecule has 2 saturated heterocycles. The van der Waals surface area contributed by atoms with E-state index in [-0.39, 0.29) is 18.3 Å². The Bertz CT molecular complexity index is 552. The van der Waals surface area contributed by atoms with Crippen LogP contribution in [0.3, 0.4) is 0 Å². The predicted octanol–water partition coefficient (Wildman–Crippen LogP) is 2.02. The van der Waals surface area contributed by atoms with E-state index in [4.69, 9.17) is 5.11 Å². The van der Waals surface area contributed by atoms with Crippen LogP contribution in [0.1, 0.15) is 31.2 Å². The van der Waals surface area contributed by atoms with Crippen LogP contribution >= 0.6 is 0 Å². The van der Waals surface area contributed by atoms with Crippen LogP contribution in [0.2, 0.25) is 0 Å². The van der Waals surface area contributed by atoms with E-state index in [9.17, 15) is 9.18 Å². The maximum Gasteiger partial charge on any atom is 0.222 e. The predicted molar refractivity (Wildman–Crippen MR) is 86.2 cm³/mol. The lowest BCUT2D eigenvalue weighted by molar-refractivity contribution is -0.141. The highest BCUT2D eigenvalue weighted by molar-refractivity contribution is 5.77. The van der Waals surface area contributed by atoms with Crippen molar-refractivity contribution in [3.8, 4) is 0 Å².